The molecule has 2 aliphatic heterocycles. The summed E-state index contributed by atoms with van der Waals surface area (Å²) >= 11 is 0. The summed E-state index contributed by atoms with van der Waals surface area (Å²) in [7, 11) is 3.64. The minimum absolute atomic E-state index is 0. The third kappa shape index (κ3) is 7.18. The number of piperazine rings is 1. The van der Waals surface area contributed by atoms with Crippen LogP contribution in [0, 0.1) is 5.92 Å². The Bertz CT molecular complexity index is 640. The molecule has 7 heteroatoms. The number of halogens is 1. The van der Waals surface area contributed by atoms with Crippen molar-refractivity contribution in [3.05, 3.63) is 24.3 Å². The van der Waals surface area contributed by atoms with Crippen molar-refractivity contribution in [1.29, 1.82) is 0 Å². The summed E-state index contributed by atoms with van der Waals surface area (Å²) in [5.41, 5.74) is 1.18. The zero-order chi connectivity index (χ0) is 20.5. The van der Waals surface area contributed by atoms with Crippen LogP contribution in [0.15, 0.2) is 29.3 Å². The number of unbranched alkanes of at least 4 members (excludes halogenated alkanes) is 1. The molecule has 0 amide bonds. The summed E-state index contributed by atoms with van der Waals surface area (Å²) in [4.78, 5) is 11.9. The number of hydrogen-bond donors (Lipinski definition) is 1. The molecule has 2 fully saturated rings. The Labute approximate surface area is 200 Å². The van der Waals surface area contributed by atoms with Crippen LogP contribution in [-0.4, -0.2) is 82.3 Å². The number of benzene rings is 1. The predicted octanol–water partition coefficient (Wildman–Crippen LogP) is 3.52. The quantitative estimate of drug-likeness (QED) is 0.254. The van der Waals surface area contributed by atoms with Crippen LogP contribution in [0.2, 0.25) is 0 Å². The number of nitrogens with zero attached hydrogens (tertiary/aromatic N) is 4. The first-order valence-corrected chi connectivity index (χ1v) is 11.3. The molecule has 30 heavy (non-hydrogen) atoms. The zero-order valence-electron chi connectivity index (χ0n) is 19.0. The van der Waals surface area contributed by atoms with Gasteiger partial charge < -0.3 is 24.8 Å². The monoisotopic (exact) mass is 529 g/mol. The molecular weight excluding hydrogens is 489 g/mol. The maximum absolute atomic E-state index is 5.52. The van der Waals surface area contributed by atoms with Gasteiger partial charge in [-0.25, -0.2) is 0 Å². The molecule has 2 saturated heterocycles. The van der Waals surface area contributed by atoms with Gasteiger partial charge in [0.25, 0.3) is 0 Å². The second-order valence-electron chi connectivity index (χ2n) is 8.35. The van der Waals surface area contributed by atoms with Crippen molar-refractivity contribution in [2.45, 2.75) is 32.6 Å². The Morgan fingerprint density at radius 2 is 1.77 bits per heavy atom. The van der Waals surface area contributed by atoms with E-state index in [9.17, 15) is 0 Å². The van der Waals surface area contributed by atoms with Crippen LogP contribution < -0.4 is 15.0 Å². The molecule has 1 aromatic carbocycles. The number of aliphatic imine (C=N–C) groups is 1. The fourth-order valence-corrected chi connectivity index (χ4v) is 4.33. The number of ether oxygens (including phenoxy) is 1. The topological polar surface area (TPSA) is 43.3 Å². The van der Waals surface area contributed by atoms with E-state index in [0.717, 1.165) is 50.4 Å². The molecule has 0 unspecified atom stereocenters. The van der Waals surface area contributed by atoms with Crippen molar-refractivity contribution < 1.29 is 4.74 Å². The van der Waals surface area contributed by atoms with Gasteiger partial charge in [0, 0.05) is 39.8 Å². The lowest BCUT2D eigenvalue weighted by molar-refractivity contribution is 0.189. The molecule has 170 valence electrons. The van der Waals surface area contributed by atoms with Gasteiger partial charge >= 0.3 is 0 Å². The molecule has 3 rings (SSSR count). The highest BCUT2D eigenvalue weighted by Crippen LogP contribution is 2.28. The predicted molar refractivity (Wildman–Crippen MR) is 138 cm³/mol. The third-order valence-electron chi connectivity index (χ3n) is 6.28. The van der Waals surface area contributed by atoms with Crippen molar-refractivity contribution in [2.75, 3.05) is 71.4 Å². The Hall–Kier alpha value is -1.22. The number of hydrogen-bond acceptors (Lipinski definition) is 4. The molecule has 0 radical (unpaired) electrons. The van der Waals surface area contributed by atoms with Crippen molar-refractivity contribution in [3.63, 3.8) is 0 Å². The number of rotatable bonds is 7. The number of para-hydroxylation sites is 2. The van der Waals surface area contributed by atoms with Crippen LogP contribution in [0.3, 0.4) is 0 Å². The molecule has 0 aliphatic carbocycles. The SMILES string of the molecule is CN=C(NCCCCN1CCC(C)CC1)N1CCN(c2ccccc2OC)CC1.I. The minimum atomic E-state index is 0. The Balaban J connectivity index is 0.00000320. The Morgan fingerprint density at radius 3 is 2.43 bits per heavy atom. The van der Waals surface area contributed by atoms with Crippen molar-refractivity contribution in [3.8, 4) is 5.75 Å². The molecule has 0 spiro atoms. The number of anilines is 1. The van der Waals surface area contributed by atoms with Gasteiger partial charge in [-0.2, -0.15) is 0 Å². The number of likely N-dealkylation sites (tertiary alicyclic amines) is 1. The maximum atomic E-state index is 5.52. The van der Waals surface area contributed by atoms with E-state index in [1.165, 1.54) is 51.0 Å². The number of piperidine rings is 1. The first-order valence-electron chi connectivity index (χ1n) is 11.3. The summed E-state index contributed by atoms with van der Waals surface area (Å²) in [5.74, 6) is 2.91. The van der Waals surface area contributed by atoms with Gasteiger partial charge in [-0.05, 0) is 63.4 Å². The van der Waals surface area contributed by atoms with Gasteiger partial charge in [-0.3, -0.25) is 4.99 Å². The van der Waals surface area contributed by atoms with Gasteiger partial charge in [0.2, 0.25) is 0 Å². The van der Waals surface area contributed by atoms with E-state index in [1.807, 2.05) is 19.2 Å². The summed E-state index contributed by atoms with van der Waals surface area (Å²) in [6, 6.07) is 8.28. The first-order chi connectivity index (χ1) is 14.2. The van der Waals surface area contributed by atoms with Crippen molar-refractivity contribution >= 4 is 35.6 Å². The molecule has 2 heterocycles. The highest BCUT2D eigenvalue weighted by atomic mass is 127. The van der Waals surface area contributed by atoms with Crippen LogP contribution in [0.1, 0.15) is 32.6 Å². The summed E-state index contributed by atoms with van der Waals surface area (Å²) in [5, 5.41) is 3.58. The van der Waals surface area contributed by atoms with Crippen LogP contribution in [-0.2, 0) is 0 Å². The second kappa shape index (κ2) is 13.2. The Kier molecular flexibility index (Phi) is 11.1. The Morgan fingerprint density at radius 1 is 1.07 bits per heavy atom. The largest absolute Gasteiger partial charge is 0.495 e. The van der Waals surface area contributed by atoms with E-state index in [-0.39, 0.29) is 24.0 Å². The van der Waals surface area contributed by atoms with Gasteiger partial charge in [-0.1, -0.05) is 19.1 Å². The van der Waals surface area contributed by atoms with Crippen molar-refractivity contribution in [2.24, 2.45) is 10.9 Å². The average molecular weight is 530 g/mol. The molecule has 2 aliphatic rings. The summed E-state index contributed by atoms with van der Waals surface area (Å²) in [6.45, 7) is 11.1. The summed E-state index contributed by atoms with van der Waals surface area (Å²) in [6.07, 6.45) is 5.20. The van der Waals surface area contributed by atoms with Gasteiger partial charge in [0.15, 0.2) is 5.96 Å². The van der Waals surface area contributed by atoms with E-state index in [0.29, 0.717) is 0 Å². The standard InChI is InChI=1S/C23H39N5O.HI/c1-20-10-14-26(15-11-20)13-7-6-12-25-23(24-2)28-18-16-27(17-19-28)21-8-4-5-9-22(21)29-3;/h4-5,8-9,20H,6-7,10-19H2,1-3H3,(H,24,25);1H. The van der Waals surface area contributed by atoms with E-state index in [1.54, 1.807) is 7.11 Å². The van der Waals surface area contributed by atoms with Gasteiger partial charge in [-0.15, -0.1) is 24.0 Å². The van der Waals surface area contributed by atoms with Crippen molar-refractivity contribution in [1.82, 2.24) is 15.1 Å². The molecule has 0 aromatic heterocycles. The van der Waals surface area contributed by atoms with Crippen LogP contribution in [0.5, 0.6) is 5.75 Å². The maximum Gasteiger partial charge on any atom is 0.193 e. The highest BCUT2D eigenvalue weighted by molar-refractivity contribution is 14.0. The third-order valence-corrected chi connectivity index (χ3v) is 6.28. The highest BCUT2D eigenvalue weighted by Gasteiger charge is 2.21. The van der Waals surface area contributed by atoms with E-state index < -0.39 is 0 Å². The molecule has 0 atom stereocenters. The lowest BCUT2D eigenvalue weighted by Gasteiger charge is -2.38. The molecule has 6 nitrogen and oxygen atoms in total. The van der Waals surface area contributed by atoms with Crippen LogP contribution >= 0.6 is 24.0 Å². The smallest absolute Gasteiger partial charge is 0.193 e. The average Bonchev–Trinajstić information content (AvgIpc) is 2.77. The van der Waals surface area contributed by atoms with Crippen LogP contribution in [0.25, 0.3) is 0 Å². The first kappa shape index (κ1) is 25.0. The molecular formula is C23H40IN5O. The van der Waals surface area contributed by atoms with E-state index in [4.69, 9.17) is 4.74 Å². The van der Waals surface area contributed by atoms with Crippen LogP contribution in [0.4, 0.5) is 5.69 Å². The second-order valence-corrected chi connectivity index (χ2v) is 8.35. The summed E-state index contributed by atoms with van der Waals surface area (Å²) < 4.78 is 5.52. The van der Waals surface area contributed by atoms with E-state index >= 15 is 0 Å². The normalized spacial score (nSPS) is 18.8. The molecule has 0 bridgehead atoms. The zero-order valence-corrected chi connectivity index (χ0v) is 21.3. The fourth-order valence-electron chi connectivity index (χ4n) is 4.33. The number of guanidine groups is 1. The lowest BCUT2D eigenvalue weighted by Crippen LogP contribution is -2.52. The van der Waals surface area contributed by atoms with Gasteiger partial charge in [0.1, 0.15) is 5.75 Å². The molecule has 1 N–H and O–H groups in total. The molecule has 0 saturated carbocycles. The minimum Gasteiger partial charge on any atom is -0.495 e. The number of nitrogens with one attached hydrogen (secondary N) is 1. The van der Waals surface area contributed by atoms with Gasteiger partial charge in [0.05, 0.1) is 12.8 Å². The fraction of sp³-hybridized carbons (Fsp3) is 0.696. The lowest BCUT2D eigenvalue weighted by atomic mass is 9.99. The molecule has 1 aromatic rings. The number of methoxy groups -OCH3 is 1. The van der Waals surface area contributed by atoms with E-state index in [2.05, 4.69) is 44.1 Å².